The fourth-order valence-electron chi connectivity index (χ4n) is 1.58. The van der Waals surface area contributed by atoms with Crippen LogP contribution in [0.25, 0.3) is 0 Å². The highest BCUT2D eigenvalue weighted by Crippen LogP contribution is 2.26. The molecule has 4 nitrogen and oxygen atoms in total. The van der Waals surface area contributed by atoms with Crippen LogP contribution in [0.3, 0.4) is 0 Å². The maximum Gasteiger partial charge on any atom is 0.133 e. The van der Waals surface area contributed by atoms with E-state index in [9.17, 15) is 0 Å². The van der Waals surface area contributed by atoms with Crippen molar-refractivity contribution in [2.45, 2.75) is 31.2 Å². The lowest BCUT2D eigenvalue weighted by Gasteiger charge is -2.11. The van der Waals surface area contributed by atoms with E-state index in [4.69, 9.17) is 4.74 Å². The summed E-state index contributed by atoms with van der Waals surface area (Å²) < 4.78 is 5.04. The minimum atomic E-state index is 0.806. The molecule has 0 radical (unpaired) electrons. The predicted octanol–water partition coefficient (Wildman–Crippen LogP) is 2.60. The summed E-state index contributed by atoms with van der Waals surface area (Å²) in [7, 11) is 3.64. The highest BCUT2D eigenvalue weighted by Gasteiger charge is 2.09. The van der Waals surface area contributed by atoms with Crippen LogP contribution in [0.15, 0.2) is 11.4 Å². The van der Waals surface area contributed by atoms with Gasteiger partial charge in [0.2, 0.25) is 0 Å². The molecule has 0 amide bonds. The molecule has 1 heterocycles. The van der Waals surface area contributed by atoms with E-state index in [0.29, 0.717) is 0 Å². The first kappa shape index (κ1) is 14.3. The Morgan fingerprint density at radius 3 is 2.88 bits per heavy atom. The van der Waals surface area contributed by atoms with Crippen LogP contribution in [-0.2, 0) is 11.2 Å². The molecule has 17 heavy (non-hydrogen) atoms. The van der Waals surface area contributed by atoms with Gasteiger partial charge in [-0.25, -0.2) is 9.97 Å². The molecule has 0 atom stereocenters. The number of thioether (sulfide) groups is 1. The van der Waals surface area contributed by atoms with Crippen molar-refractivity contribution in [1.82, 2.24) is 9.97 Å². The molecule has 96 valence electrons. The molecule has 0 aromatic carbocycles. The maximum atomic E-state index is 5.04. The average molecular weight is 255 g/mol. The summed E-state index contributed by atoms with van der Waals surface area (Å²) >= 11 is 1.79. The van der Waals surface area contributed by atoms with Crippen molar-refractivity contribution in [1.29, 1.82) is 0 Å². The monoisotopic (exact) mass is 255 g/mol. The van der Waals surface area contributed by atoms with Crippen LogP contribution in [0.2, 0.25) is 0 Å². The molecule has 0 aliphatic carbocycles. The van der Waals surface area contributed by atoms with Crippen molar-refractivity contribution in [3.8, 4) is 0 Å². The average Bonchev–Trinajstić information content (AvgIpc) is 2.36. The van der Waals surface area contributed by atoms with Crippen LogP contribution in [0.4, 0.5) is 5.82 Å². The lowest BCUT2D eigenvalue weighted by atomic mass is 10.2. The van der Waals surface area contributed by atoms with Crippen LogP contribution in [0.1, 0.15) is 25.3 Å². The zero-order valence-corrected chi connectivity index (χ0v) is 11.6. The van der Waals surface area contributed by atoms with Crippen molar-refractivity contribution in [3.63, 3.8) is 0 Å². The van der Waals surface area contributed by atoms with Gasteiger partial charge in [0.25, 0.3) is 0 Å². The fraction of sp³-hybridized carbons (Fsp3) is 0.667. The highest BCUT2D eigenvalue weighted by atomic mass is 32.2. The number of methoxy groups -OCH3 is 1. The molecule has 0 fully saturated rings. The van der Waals surface area contributed by atoms with Gasteiger partial charge < -0.3 is 10.1 Å². The summed E-state index contributed by atoms with van der Waals surface area (Å²) in [4.78, 5) is 8.64. The Morgan fingerprint density at radius 2 is 2.24 bits per heavy atom. The number of rotatable bonds is 8. The normalized spacial score (nSPS) is 10.5. The number of aromatic nitrogens is 2. The zero-order chi connectivity index (χ0) is 12.5. The molecule has 0 bridgehead atoms. The second-order valence-corrected chi connectivity index (χ2v) is 4.78. The van der Waals surface area contributed by atoms with Crippen molar-refractivity contribution >= 4 is 17.6 Å². The van der Waals surface area contributed by atoms with E-state index in [1.165, 1.54) is 5.56 Å². The van der Waals surface area contributed by atoms with Crippen molar-refractivity contribution < 1.29 is 4.74 Å². The van der Waals surface area contributed by atoms with Gasteiger partial charge in [0.05, 0.1) is 0 Å². The van der Waals surface area contributed by atoms with Crippen molar-refractivity contribution in [2.24, 2.45) is 0 Å². The van der Waals surface area contributed by atoms with Gasteiger partial charge in [-0.05, 0) is 12.8 Å². The molecule has 0 aliphatic heterocycles. The van der Waals surface area contributed by atoms with E-state index in [0.717, 1.165) is 42.5 Å². The first-order valence-corrected chi connectivity index (χ1v) is 6.95. The van der Waals surface area contributed by atoms with Gasteiger partial charge in [0.1, 0.15) is 17.2 Å². The van der Waals surface area contributed by atoms with Crippen LogP contribution < -0.4 is 5.32 Å². The van der Waals surface area contributed by atoms with Crippen molar-refractivity contribution in [2.75, 3.05) is 31.8 Å². The third-order valence-corrected chi connectivity index (χ3v) is 3.49. The van der Waals surface area contributed by atoms with E-state index in [2.05, 4.69) is 22.2 Å². The molecule has 1 aromatic rings. The second kappa shape index (κ2) is 8.31. The quantitative estimate of drug-likeness (QED) is 0.439. The predicted molar refractivity (Wildman–Crippen MR) is 72.8 cm³/mol. The number of anilines is 1. The Balaban J connectivity index is 2.68. The van der Waals surface area contributed by atoms with Crippen LogP contribution >= 0.6 is 11.8 Å². The molecule has 0 aliphatic rings. The molecule has 5 heteroatoms. The van der Waals surface area contributed by atoms with E-state index in [-0.39, 0.29) is 0 Å². The topological polar surface area (TPSA) is 47.0 Å². The van der Waals surface area contributed by atoms with Gasteiger partial charge >= 0.3 is 0 Å². The number of nitrogens with one attached hydrogen (secondary N) is 1. The third-order valence-electron chi connectivity index (χ3n) is 2.37. The number of hydrogen-bond acceptors (Lipinski definition) is 5. The van der Waals surface area contributed by atoms with Gasteiger partial charge in [-0.15, -0.1) is 11.8 Å². The molecule has 1 aromatic heterocycles. The zero-order valence-electron chi connectivity index (χ0n) is 10.8. The Bertz CT molecular complexity index is 334. The Morgan fingerprint density at radius 1 is 1.41 bits per heavy atom. The fourth-order valence-corrected chi connectivity index (χ4v) is 2.53. The molecular weight excluding hydrogens is 234 g/mol. The Kier molecular flexibility index (Phi) is 6.96. The van der Waals surface area contributed by atoms with E-state index in [1.54, 1.807) is 25.2 Å². The molecule has 0 unspecified atom stereocenters. The molecule has 0 saturated heterocycles. The summed E-state index contributed by atoms with van der Waals surface area (Å²) in [5, 5.41) is 4.23. The van der Waals surface area contributed by atoms with Gasteiger partial charge in [-0.2, -0.15) is 0 Å². The molecule has 0 spiro atoms. The molecular formula is C12H21N3OS. The largest absolute Gasteiger partial charge is 0.385 e. The lowest BCUT2D eigenvalue weighted by molar-refractivity contribution is 0.200. The summed E-state index contributed by atoms with van der Waals surface area (Å²) in [6.45, 7) is 2.98. The first-order valence-electron chi connectivity index (χ1n) is 5.96. The summed E-state index contributed by atoms with van der Waals surface area (Å²) in [5.41, 5.74) is 1.24. The van der Waals surface area contributed by atoms with E-state index < -0.39 is 0 Å². The minimum Gasteiger partial charge on any atom is -0.385 e. The Hall–Kier alpha value is -0.810. The second-order valence-electron chi connectivity index (χ2n) is 3.70. The van der Waals surface area contributed by atoms with E-state index >= 15 is 0 Å². The Labute approximate surface area is 108 Å². The van der Waals surface area contributed by atoms with Crippen LogP contribution in [0.5, 0.6) is 0 Å². The summed E-state index contributed by atoms with van der Waals surface area (Å²) in [5.74, 6) is 1.99. The summed E-state index contributed by atoms with van der Waals surface area (Å²) in [6.07, 6.45) is 4.80. The van der Waals surface area contributed by atoms with Gasteiger partial charge in [0.15, 0.2) is 0 Å². The van der Waals surface area contributed by atoms with Crippen LogP contribution in [0, 0.1) is 0 Å². The van der Waals surface area contributed by atoms with Crippen molar-refractivity contribution in [3.05, 3.63) is 11.9 Å². The van der Waals surface area contributed by atoms with Crippen LogP contribution in [-0.4, -0.2) is 36.5 Å². The van der Waals surface area contributed by atoms with Gasteiger partial charge in [0, 0.05) is 32.1 Å². The minimum absolute atomic E-state index is 0.806. The lowest BCUT2D eigenvalue weighted by Crippen LogP contribution is -2.03. The third kappa shape index (κ3) is 4.52. The SMILES string of the molecule is CCCc1c(NC)ncnc1SCCCOC. The van der Waals surface area contributed by atoms with Gasteiger partial charge in [-0.1, -0.05) is 13.3 Å². The molecule has 0 saturated carbocycles. The maximum absolute atomic E-state index is 5.04. The highest BCUT2D eigenvalue weighted by molar-refractivity contribution is 7.99. The first-order chi connectivity index (χ1) is 8.33. The van der Waals surface area contributed by atoms with E-state index in [1.807, 2.05) is 7.05 Å². The standard InChI is InChI=1S/C12H21N3OS/c1-4-6-10-11(13-2)14-9-15-12(10)17-8-5-7-16-3/h9H,4-8H2,1-3H3,(H,13,14,15). The van der Waals surface area contributed by atoms with Gasteiger partial charge in [-0.3, -0.25) is 0 Å². The summed E-state index contributed by atoms with van der Waals surface area (Å²) in [6, 6.07) is 0. The number of ether oxygens (including phenoxy) is 1. The number of nitrogens with zero attached hydrogens (tertiary/aromatic N) is 2. The molecule has 1 N–H and O–H groups in total. The molecule has 1 rings (SSSR count). The smallest absolute Gasteiger partial charge is 0.133 e. The number of hydrogen-bond donors (Lipinski definition) is 1.